The number of ketones is 2. The topological polar surface area (TPSA) is 161 Å². The van der Waals surface area contributed by atoms with Crippen LogP contribution in [0, 0.1) is 11.8 Å². The Labute approximate surface area is 202 Å². The van der Waals surface area contributed by atoms with Crippen LogP contribution < -0.4 is 5.73 Å². The highest BCUT2D eigenvalue weighted by molar-refractivity contribution is 6.24. The van der Waals surface area contributed by atoms with Crippen LogP contribution >= 0.6 is 0 Å². The normalized spacial score (nSPS) is 31.9. The number of amides is 1. The quantitative estimate of drug-likeness (QED) is 0.398. The van der Waals surface area contributed by atoms with Crippen molar-refractivity contribution in [3.63, 3.8) is 0 Å². The second kappa shape index (κ2) is 8.49. The van der Waals surface area contributed by atoms with Crippen molar-refractivity contribution < 1.29 is 34.8 Å². The number of Topliss-reactive ketones (excluding diaryl/α,β-unsaturated/α-hetero) is 2. The summed E-state index contributed by atoms with van der Waals surface area (Å²) in [4.78, 5) is 41.6. The van der Waals surface area contributed by atoms with Gasteiger partial charge in [-0.3, -0.25) is 19.3 Å². The molecule has 1 saturated heterocycles. The average molecular weight is 483 g/mol. The second-order valence-corrected chi connectivity index (χ2v) is 10.1. The molecule has 4 atom stereocenters. The lowest BCUT2D eigenvalue weighted by molar-refractivity contribution is -0.155. The number of phenols is 1. The van der Waals surface area contributed by atoms with E-state index in [0.717, 1.165) is 32.1 Å². The van der Waals surface area contributed by atoms with E-state index in [2.05, 4.69) is 0 Å². The molecule has 2 fully saturated rings. The number of aliphatic hydroxyl groups is 3. The van der Waals surface area contributed by atoms with Gasteiger partial charge in [0.1, 0.15) is 22.8 Å². The van der Waals surface area contributed by atoms with Crippen LogP contribution in [0.25, 0.3) is 5.76 Å². The summed E-state index contributed by atoms with van der Waals surface area (Å²) >= 11 is 0. The van der Waals surface area contributed by atoms with Crippen molar-refractivity contribution in [1.82, 2.24) is 4.90 Å². The van der Waals surface area contributed by atoms with Crippen LogP contribution in [-0.4, -0.2) is 67.5 Å². The number of hydrogen-bond acceptors (Lipinski definition) is 8. The highest BCUT2D eigenvalue weighted by Gasteiger charge is 2.64. The summed E-state index contributed by atoms with van der Waals surface area (Å²) in [5, 5.41) is 44.2. The number of benzene rings is 1. The van der Waals surface area contributed by atoms with E-state index in [4.69, 9.17) is 5.73 Å². The zero-order chi connectivity index (χ0) is 25.1. The first-order valence-corrected chi connectivity index (χ1v) is 12.2. The van der Waals surface area contributed by atoms with Gasteiger partial charge in [0, 0.05) is 11.5 Å². The fourth-order valence-corrected chi connectivity index (χ4v) is 6.56. The van der Waals surface area contributed by atoms with Crippen molar-refractivity contribution in [2.75, 3.05) is 13.1 Å². The molecule has 9 nitrogen and oxygen atoms in total. The number of fused-ring (bicyclic) bond motifs is 3. The predicted molar refractivity (Wildman–Crippen MR) is 125 cm³/mol. The predicted octanol–water partition coefficient (Wildman–Crippen LogP) is 1.67. The van der Waals surface area contributed by atoms with E-state index in [9.17, 15) is 34.8 Å². The van der Waals surface area contributed by atoms with Crippen LogP contribution in [0.2, 0.25) is 0 Å². The van der Waals surface area contributed by atoms with Crippen molar-refractivity contribution in [3.8, 4) is 5.75 Å². The van der Waals surface area contributed by atoms with E-state index in [1.807, 2.05) is 4.90 Å². The maximum absolute atomic E-state index is 13.9. The van der Waals surface area contributed by atoms with Crippen LogP contribution in [0.15, 0.2) is 35.1 Å². The molecule has 186 valence electrons. The van der Waals surface area contributed by atoms with Crippen molar-refractivity contribution in [2.45, 2.75) is 56.6 Å². The first kappa shape index (κ1) is 23.6. The third-order valence-corrected chi connectivity index (χ3v) is 8.19. The first-order chi connectivity index (χ1) is 16.7. The van der Waals surface area contributed by atoms with Gasteiger partial charge in [-0.15, -0.1) is 0 Å². The molecule has 1 amide bonds. The van der Waals surface area contributed by atoms with Gasteiger partial charge in [0.05, 0.1) is 11.6 Å². The van der Waals surface area contributed by atoms with Crippen LogP contribution in [0.5, 0.6) is 5.75 Å². The monoisotopic (exact) mass is 482 g/mol. The molecule has 1 aliphatic heterocycles. The van der Waals surface area contributed by atoms with Crippen molar-refractivity contribution in [2.24, 2.45) is 17.6 Å². The summed E-state index contributed by atoms with van der Waals surface area (Å²) in [7, 11) is 0. The van der Waals surface area contributed by atoms with Gasteiger partial charge in [-0.1, -0.05) is 31.4 Å². The van der Waals surface area contributed by atoms with Gasteiger partial charge >= 0.3 is 0 Å². The third kappa shape index (κ3) is 3.40. The summed E-state index contributed by atoms with van der Waals surface area (Å²) in [6.07, 6.45) is 5.15. The molecule has 9 heteroatoms. The fourth-order valence-electron chi connectivity index (χ4n) is 6.56. The largest absolute Gasteiger partial charge is 0.508 e. The molecule has 4 aliphatic rings. The molecule has 35 heavy (non-hydrogen) atoms. The van der Waals surface area contributed by atoms with Gasteiger partial charge < -0.3 is 26.2 Å². The van der Waals surface area contributed by atoms with Crippen LogP contribution in [0.3, 0.4) is 0 Å². The highest BCUT2D eigenvalue weighted by Crippen LogP contribution is 2.52. The molecule has 1 heterocycles. The Morgan fingerprint density at radius 3 is 2.34 bits per heavy atom. The molecular formula is C26H30N2O7. The minimum Gasteiger partial charge on any atom is -0.508 e. The van der Waals surface area contributed by atoms with E-state index >= 15 is 0 Å². The van der Waals surface area contributed by atoms with Gasteiger partial charge in [0.2, 0.25) is 5.78 Å². The van der Waals surface area contributed by atoms with E-state index in [1.54, 1.807) is 12.1 Å². The van der Waals surface area contributed by atoms with Gasteiger partial charge in [-0.05, 0) is 56.3 Å². The molecule has 0 bridgehead atoms. The molecule has 5 rings (SSSR count). The van der Waals surface area contributed by atoms with E-state index < -0.39 is 58.0 Å². The average Bonchev–Trinajstić information content (AvgIpc) is 2.77. The number of nitrogens with zero attached hydrogens (tertiary/aromatic N) is 1. The molecule has 4 unspecified atom stereocenters. The third-order valence-electron chi connectivity index (χ3n) is 8.19. The second-order valence-electron chi connectivity index (χ2n) is 10.1. The van der Waals surface area contributed by atoms with E-state index in [1.165, 1.54) is 6.07 Å². The number of nitrogens with two attached hydrogens (primary N) is 1. The molecule has 1 saturated carbocycles. The van der Waals surface area contributed by atoms with Gasteiger partial charge in [0.25, 0.3) is 5.91 Å². The molecule has 0 spiro atoms. The number of carbonyl (C=O) groups is 3. The van der Waals surface area contributed by atoms with Gasteiger partial charge in [-0.25, -0.2) is 0 Å². The Balaban J connectivity index is 1.68. The lowest BCUT2D eigenvalue weighted by Gasteiger charge is -2.51. The summed E-state index contributed by atoms with van der Waals surface area (Å²) in [6.45, 7) is 1.11. The van der Waals surface area contributed by atoms with Crippen LogP contribution in [0.1, 0.15) is 49.7 Å². The first-order valence-electron chi connectivity index (χ1n) is 12.2. The fraction of sp³-hybridized carbons (Fsp3) is 0.500. The number of primary amides is 1. The highest BCUT2D eigenvalue weighted by atomic mass is 16.3. The number of aliphatic hydroxyl groups excluding tert-OH is 2. The molecular weight excluding hydrogens is 452 g/mol. The zero-order valence-electron chi connectivity index (χ0n) is 19.4. The van der Waals surface area contributed by atoms with Crippen molar-refractivity contribution in [3.05, 3.63) is 46.2 Å². The number of carbonyl (C=O) groups excluding carboxylic acids is 3. The summed E-state index contributed by atoms with van der Waals surface area (Å²) in [6, 6.07) is 3.78. The Morgan fingerprint density at radius 1 is 1.03 bits per heavy atom. The van der Waals surface area contributed by atoms with Crippen molar-refractivity contribution >= 4 is 23.2 Å². The van der Waals surface area contributed by atoms with Crippen LogP contribution in [0.4, 0.5) is 0 Å². The number of aromatic hydroxyl groups is 1. The smallest absolute Gasteiger partial charge is 0.255 e. The lowest BCUT2D eigenvalue weighted by Crippen LogP contribution is -2.66. The Kier molecular flexibility index (Phi) is 5.72. The Morgan fingerprint density at radius 2 is 1.69 bits per heavy atom. The molecule has 0 aromatic heterocycles. The van der Waals surface area contributed by atoms with Crippen LogP contribution in [-0.2, 0) is 20.8 Å². The lowest BCUT2D eigenvalue weighted by atomic mass is 9.57. The van der Waals surface area contributed by atoms with Gasteiger partial charge in [0.15, 0.2) is 11.4 Å². The zero-order valence-corrected chi connectivity index (χ0v) is 19.4. The van der Waals surface area contributed by atoms with Crippen molar-refractivity contribution in [1.29, 1.82) is 0 Å². The molecule has 6 N–H and O–H groups in total. The minimum atomic E-state index is -2.59. The molecule has 0 radical (unpaired) electrons. The summed E-state index contributed by atoms with van der Waals surface area (Å²) in [5.74, 6) is -6.12. The maximum atomic E-state index is 13.9. The summed E-state index contributed by atoms with van der Waals surface area (Å²) in [5.41, 5.74) is 2.74. The Hall–Kier alpha value is -3.17. The standard InChI is InChI=1S/C26H30N2O7/c27-25(34)19-22(31)20(28-9-4-2-1-3-5-10-28)15-12-14-11-13-7-6-8-16(29)17(13)21(30)18(14)23(32)26(15,35)24(19)33/h6-8,14-15,20,29-30,33,35H,1-5,9-12H2,(H2,27,34). The SMILES string of the molecule is NC(=O)C1=C(O)C2(O)C(=O)C3=C(O)c4c(O)cccc4CC3CC2C(N2CCCCCCC2)C1=O. The number of likely N-dealkylation sites (tertiary alicyclic amines) is 1. The maximum Gasteiger partial charge on any atom is 0.255 e. The Bertz CT molecular complexity index is 1180. The summed E-state index contributed by atoms with van der Waals surface area (Å²) < 4.78 is 0. The number of rotatable bonds is 2. The molecule has 1 aromatic carbocycles. The van der Waals surface area contributed by atoms with E-state index in [0.29, 0.717) is 25.1 Å². The molecule has 3 aliphatic carbocycles. The number of phenolic OH excluding ortho intramolecular Hbond substituents is 1. The van der Waals surface area contributed by atoms with E-state index in [-0.39, 0.29) is 23.3 Å². The minimum absolute atomic E-state index is 0.111. The number of hydrogen-bond donors (Lipinski definition) is 5. The van der Waals surface area contributed by atoms with Gasteiger partial charge in [-0.2, -0.15) is 0 Å². The molecule has 1 aromatic rings.